The van der Waals surface area contributed by atoms with Crippen LogP contribution in [-0.2, 0) is 22.6 Å². The van der Waals surface area contributed by atoms with Crippen LogP contribution in [0.2, 0.25) is 5.02 Å². The molecule has 3 aromatic rings. The zero-order valence-corrected chi connectivity index (χ0v) is 19.0. The van der Waals surface area contributed by atoms with Crippen molar-refractivity contribution < 1.29 is 9.59 Å². The molecule has 0 saturated heterocycles. The maximum atomic E-state index is 13.3. The van der Waals surface area contributed by atoms with Crippen LogP contribution in [-0.4, -0.2) is 28.8 Å². The molecule has 0 unspecified atom stereocenters. The van der Waals surface area contributed by atoms with Crippen molar-refractivity contribution in [1.29, 1.82) is 0 Å². The summed E-state index contributed by atoms with van der Waals surface area (Å²) in [6.45, 7) is 5.88. The summed E-state index contributed by atoms with van der Waals surface area (Å²) < 4.78 is 0. The number of aryl methyl sites for hydroxylation is 1. The first-order valence-corrected chi connectivity index (χ1v) is 11.0. The van der Waals surface area contributed by atoms with Gasteiger partial charge in [0.15, 0.2) is 0 Å². The van der Waals surface area contributed by atoms with Crippen LogP contribution in [0.5, 0.6) is 0 Å². The predicted molar refractivity (Wildman–Crippen MR) is 127 cm³/mol. The van der Waals surface area contributed by atoms with Gasteiger partial charge < -0.3 is 10.2 Å². The van der Waals surface area contributed by atoms with Gasteiger partial charge in [-0.1, -0.05) is 72.3 Å². The molecule has 0 aliphatic carbocycles. The van der Waals surface area contributed by atoms with Crippen molar-refractivity contribution in [2.75, 3.05) is 0 Å². The monoisotopic (exact) mass is 436 g/mol. The molecule has 4 nitrogen and oxygen atoms in total. The van der Waals surface area contributed by atoms with E-state index in [1.54, 1.807) is 17.9 Å². The first-order chi connectivity index (χ1) is 14.9. The molecule has 0 radical (unpaired) electrons. The molecule has 3 aromatic carbocycles. The van der Waals surface area contributed by atoms with Gasteiger partial charge in [-0.05, 0) is 55.2 Å². The van der Waals surface area contributed by atoms with E-state index in [1.807, 2.05) is 50.2 Å². The van der Waals surface area contributed by atoms with Crippen molar-refractivity contribution in [3.63, 3.8) is 0 Å². The van der Waals surface area contributed by atoms with Crippen molar-refractivity contribution in [2.45, 2.75) is 52.2 Å². The lowest BCUT2D eigenvalue weighted by Crippen LogP contribution is -2.49. The fourth-order valence-corrected chi connectivity index (χ4v) is 3.89. The van der Waals surface area contributed by atoms with Gasteiger partial charge >= 0.3 is 0 Å². The highest BCUT2D eigenvalue weighted by molar-refractivity contribution is 6.31. The minimum atomic E-state index is -0.598. The van der Waals surface area contributed by atoms with Gasteiger partial charge in [0.2, 0.25) is 11.8 Å². The number of hydrogen-bond donors (Lipinski definition) is 1. The average molecular weight is 437 g/mol. The van der Waals surface area contributed by atoms with Crippen molar-refractivity contribution in [3.8, 4) is 0 Å². The standard InChI is InChI=1S/C26H29ClN2O2/c1-18(2)28-26(31)19(3)29(17-22-10-5-7-14-24(22)27)25(30)16-15-21-12-8-11-20-9-4-6-13-23(20)21/h4-14,18-19H,15-17H2,1-3H3,(H,28,31)/t19-/m0/s1. The number of carbonyl (C=O) groups excluding carboxylic acids is 2. The SMILES string of the molecule is CC(C)NC(=O)[C@H](C)N(Cc1ccccc1Cl)C(=O)CCc1cccc2ccccc12. The number of halogens is 1. The third kappa shape index (κ3) is 5.86. The molecule has 1 N–H and O–H groups in total. The highest BCUT2D eigenvalue weighted by Crippen LogP contribution is 2.22. The van der Waals surface area contributed by atoms with Crippen LogP contribution in [0.1, 0.15) is 38.3 Å². The van der Waals surface area contributed by atoms with E-state index in [2.05, 4.69) is 29.6 Å². The zero-order chi connectivity index (χ0) is 22.4. The molecule has 0 aromatic heterocycles. The first kappa shape index (κ1) is 22.8. The molecule has 0 aliphatic rings. The van der Waals surface area contributed by atoms with Gasteiger partial charge in [0.05, 0.1) is 0 Å². The molecule has 31 heavy (non-hydrogen) atoms. The molecule has 3 rings (SSSR count). The maximum Gasteiger partial charge on any atom is 0.242 e. The Kier molecular flexibility index (Phi) is 7.69. The van der Waals surface area contributed by atoms with Crippen molar-refractivity contribution in [3.05, 3.63) is 82.9 Å². The van der Waals surface area contributed by atoms with E-state index in [0.717, 1.165) is 21.9 Å². The largest absolute Gasteiger partial charge is 0.352 e. The summed E-state index contributed by atoms with van der Waals surface area (Å²) >= 11 is 6.34. The van der Waals surface area contributed by atoms with Gasteiger partial charge in [-0.15, -0.1) is 0 Å². The summed E-state index contributed by atoms with van der Waals surface area (Å²) in [6, 6.07) is 21.2. The Hall–Kier alpha value is -2.85. The Balaban J connectivity index is 1.81. The Morgan fingerprint density at radius 2 is 1.55 bits per heavy atom. The number of hydrogen-bond acceptors (Lipinski definition) is 2. The van der Waals surface area contributed by atoms with Gasteiger partial charge in [0.25, 0.3) is 0 Å². The van der Waals surface area contributed by atoms with Crippen LogP contribution >= 0.6 is 11.6 Å². The second-order valence-corrected chi connectivity index (χ2v) is 8.50. The third-order valence-electron chi connectivity index (χ3n) is 5.38. The van der Waals surface area contributed by atoms with Crippen LogP contribution in [0, 0.1) is 0 Å². The summed E-state index contributed by atoms with van der Waals surface area (Å²) in [4.78, 5) is 27.6. The Labute approximate surface area is 189 Å². The van der Waals surface area contributed by atoms with Gasteiger partial charge in [-0.25, -0.2) is 0 Å². The molecule has 0 fully saturated rings. The van der Waals surface area contributed by atoms with E-state index in [4.69, 9.17) is 11.6 Å². The van der Waals surface area contributed by atoms with Gasteiger partial charge in [-0.3, -0.25) is 9.59 Å². The van der Waals surface area contributed by atoms with E-state index in [-0.39, 0.29) is 17.9 Å². The minimum Gasteiger partial charge on any atom is -0.352 e. The Morgan fingerprint density at radius 1 is 0.903 bits per heavy atom. The Bertz CT molecular complexity index is 1060. The lowest BCUT2D eigenvalue weighted by Gasteiger charge is -2.30. The predicted octanol–water partition coefficient (Wildman–Crippen LogP) is 5.37. The molecule has 5 heteroatoms. The number of rotatable bonds is 8. The number of fused-ring (bicyclic) bond motifs is 1. The zero-order valence-electron chi connectivity index (χ0n) is 18.3. The fraction of sp³-hybridized carbons (Fsp3) is 0.308. The number of nitrogens with one attached hydrogen (secondary N) is 1. The minimum absolute atomic E-state index is 0.00268. The Morgan fingerprint density at radius 3 is 2.29 bits per heavy atom. The van der Waals surface area contributed by atoms with Gasteiger partial charge in [0.1, 0.15) is 6.04 Å². The van der Waals surface area contributed by atoms with Crippen molar-refractivity contribution in [1.82, 2.24) is 10.2 Å². The number of amides is 2. The molecule has 0 spiro atoms. The molecule has 162 valence electrons. The molecule has 0 saturated carbocycles. The molecule has 2 amide bonds. The second kappa shape index (κ2) is 10.5. The second-order valence-electron chi connectivity index (χ2n) is 8.09. The van der Waals surface area contributed by atoms with E-state index in [1.165, 1.54) is 0 Å². The topological polar surface area (TPSA) is 49.4 Å². The van der Waals surface area contributed by atoms with Crippen LogP contribution in [0.15, 0.2) is 66.7 Å². The average Bonchev–Trinajstić information content (AvgIpc) is 2.76. The first-order valence-electron chi connectivity index (χ1n) is 10.7. The summed E-state index contributed by atoms with van der Waals surface area (Å²) in [5, 5.41) is 5.81. The summed E-state index contributed by atoms with van der Waals surface area (Å²) in [7, 11) is 0. The van der Waals surface area contributed by atoms with Gasteiger partial charge in [0, 0.05) is 24.0 Å². The van der Waals surface area contributed by atoms with Crippen LogP contribution in [0.25, 0.3) is 10.8 Å². The normalized spacial score (nSPS) is 12.0. The molecular formula is C26H29ClN2O2. The lowest BCUT2D eigenvalue weighted by molar-refractivity contribution is -0.140. The van der Waals surface area contributed by atoms with Gasteiger partial charge in [-0.2, -0.15) is 0 Å². The number of benzene rings is 3. The van der Waals surface area contributed by atoms with E-state index in [9.17, 15) is 9.59 Å². The van der Waals surface area contributed by atoms with Crippen LogP contribution in [0.3, 0.4) is 0 Å². The van der Waals surface area contributed by atoms with E-state index in [0.29, 0.717) is 24.4 Å². The van der Waals surface area contributed by atoms with E-state index >= 15 is 0 Å². The van der Waals surface area contributed by atoms with Crippen LogP contribution < -0.4 is 5.32 Å². The molecule has 1 atom stereocenters. The van der Waals surface area contributed by atoms with Crippen molar-refractivity contribution in [2.24, 2.45) is 0 Å². The summed E-state index contributed by atoms with van der Waals surface area (Å²) in [6.07, 6.45) is 0.926. The van der Waals surface area contributed by atoms with Crippen LogP contribution in [0.4, 0.5) is 0 Å². The lowest BCUT2D eigenvalue weighted by atomic mass is 10.0. The quantitative estimate of drug-likeness (QED) is 0.516. The maximum absolute atomic E-state index is 13.3. The highest BCUT2D eigenvalue weighted by atomic mass is 35.5. The smallest absolute Gasteiger partial charge is 0.242 e. The molecular weight excluding hydrogens is 408 g/mol. The molecule has 0 aliphatic heterocycles. The van der Waals surface area contributed by atoms with Crippen molar-refractivity contribution >= 4 is 34.2 Å². The van der Waals surface area contributed by atoms with E-state index < -0.39 is 6.04 Å². The molecule has 0 bridgehead atoms. The summed E-state index contributed by atoms with van der Waals surface area (Å²) in [5.41, 5.74) is 1.95. The highest BCUT2D eigenvalue weighted by Gasteiger charge is 2.26. The number of nitrogens with zero attached hydrogens (tertiary/aromatic N) is 1. The fourth-order valence-electron chi connectivity index (χ4n) is 3.69. The number of carbonyl (C=O) groups is 2. The third-order valence-corrected chi connectivity index (χ3v) is 5.75. The summed E-state index contributed by atoms with van der Waals surface area (Å²) in [5.74, 6) is -0.236. The molecule has 0 heterocycles.